The summed E-state index contributed by atoms with van der Waals surface area (Å²) < 4.78 is 27.2. The molecule has 2 aliphatic heterocycles. The van der Waals surface area contributed by atoms with Gasteiger partial charge in [-0.1, -0.05) is 24.1 Å². The lowest BCUT2D eigenvalue weighted by molar-refractivity contribution is -0.142. The van der Waals surface area contributed by atoms with Crippen molar-refractivity contribution in [1.29, 1.82) is 0 Å². The molecule has 140 valence electrons. The second-order valence-electron chi connectivity index (χ2n) is 6.78. The van der Waals surface area contributed by atoms with Crippen LogP contribution < -0.4 is 0 Å². The average molecular weight is 378 g/mol. The van der Waals surface area contributed by atoms with Crippen LogP contribution in [0.3, 0.4) is 0 Å². The largest absolute Gasteiger partial charge is 0.296 e. The van der Waals surface area contributed by atoms with Crippen molar-refractivity contribution in [2.45, 2.75) is 50.0 Å². The van der Waals surface area contributed by atoms with Crippen LogP contribution >= 0.6 is 0 Å². The number of rotatable bonds is 5. The van der Waals surface area contributed by atoms with Gasteiger partial charge < -0.3 is 0 Å². The summed E-state index contributed by atoms with van der Waals surface area (Å²) in [5.41, 5.74) is 0.946. The Morgan fingerprint density at radius 1 is 1.08 bits per heavy atom. The summed E-state index contributed by atoms with van der Waals surface area (Å²) >= 11 is 0. The van der Waals surface area contributed by atoms with E-state index in [-0.39, 0.29) is 42.6 Å². The number of amides is 2. The van der Waals surface area contributed by atoms with Crippen molar-refractivity contribution in [3.8, 4) is 0 Å². The van der Waals surface area contributed by atoms with E-state index in [1.165, 1.54) is 16.4 Å². The Balaban J connectivity index is 1.83. The summed E-state index contributed by atoms with van der Waals surface area (Å²) in [5, 5.41) is 0. The first kappa shape index (κ1) is 18.7. The smallest absolute Gasteiger partial charge is 0.243 e. The second-order valence-corrected chi connectivity index (χ2v) is 8.67. The highest BCUT2D eigenvalue weighted by Gasteiger charge is 2.40. The Morgan fingerprint density at radius 2 is 1.69 bits per heavy atom. The van der Waals surface area contributed by atoms with Crippen molar-refractivity contribution in [3.63, 3.8) is 0 Å². The monoisotopic (exact) mass is 378 g/mol. The molecule has 2 aliphatic rings. The molecule has 1 atom stereocenters. The van der Waals surface area contributed by atoms with Gasteiger partial charge in [0.05, 0.1) is 17.5 Å². The highest BCUT2D eigenvalue weighted by atomic mass is 32.2. The van der Waals surface area contributed by atoms with Crippen LogP contribution in [0.5, 0.6) is 0 Å². The average Bonchev–Trinajstić information content (AvgIpc) is 2.94. The Bertz CT molecular complexity index is 816. The summed E-state index contributed by atoms with van der Waals surface area (Å²) in [5.74, 6) is -1.14. The van der Waals surface area contributed by atoms with Gasteiger partial charge in [-0.3, -0.25) is 19.3 Å². The molecule has 26 heavy (non-hydrogen) atoms. The number of hydrogen-bond donors (Lipinski definition) is 0. The Kier molecular flexibility index (Phi) is 5.24. The van der Waals surface area contributed by atoms with E-state index in [9.17, 15) is 22.8 Å². The quantitative estimate of drug-likeness (QED) is 0.719. The van der Waals surface area contributed by atoms with Crippen LogP contribution in [0.2, 0.25) is 0 Å². The Morgan fingerprint density at radius 3 is 2.31 bits per heavy atom. The molecule has 0 aliphatic carbocycles. The molecule has 3 rings (SSSR count). The summed E-state index contributed by atoms with van der Waals surface area (Å²) in [4.78, 5) is 37.3. The molecule has 2 amide bonds. The first-order valence-electron chi connectivity index (χ1n) is 8.75. The number of imide groups is 1. The second kappa shape index (κ2) is 7.28. The minimum Gasteiger partial charge on any atom is -0.296 e. The van der Waals surface area contributed by atoms with Crippen LogP contribution in [-0.2, 0) is 24.4 Å². The Labute approximate surface area is 153 Å². The third-order valence-corrected chi connectivity index (χ3v) is 6.84. The molecule has 0 saturated carbocycles. The number of benzene rings is 1. The first-order chi connectivity index (χ1) is 12.3. The van der Waals surface area contributed by atoms with E-state index < -0.39 is 21.8 Å². The minimum atomic E-state index is -3.81. The molecule has 0 N–H and O–H groups in total. The lowest BCUT2D eigenvalue weighted by Crippen LogP contribution is -2.51. The molecule has 8 heteroatoms. The predicted molar refractivity (Wildman–Crippen MR) is 93.7 cm³/mol. The fourth-order valence-electron chi connectivity index (χ4n) is 3.42. The molecule has 2 fully saturated rings. The molecule has 1 aromatic carbocycles. The van der Waals surface area contributed by atoms with Crippen molar-refractivity contribution in [3.05, 3.63) is 29.8 Å². The van der Waals surface area contributed by atoms with Crippen LogP contribution in [0.1, 0.15) is 37.7 Å². The van der Waals surface area contributed by atoms with Gasteiger partial charge in [0.15, 0.2) is 5.78 Å². The summed E-state index contributed by atoms with van der Waals surface area (Å²) in [6.45, 7) is 1.78. The summed E-state index contributed by atoms with van der Waals surface area (Å²) in [6, 6.07) is 5.67. The molecular weight excluding hydrogens is 356 g/mol. The zero-order valence-corrected chi connectivity index (χ0v) is 15.5. The number of piperidine rings is 1. The number of sulfonamides is 1. The first-order valence-corrected chi connectivity index (χ1v) is 10.2. The maximum absolute atomic E-state index is 13.0. The zero-order valence-electron chi connectivity index (χ0n) is 14.7. The molecule has 0 aromatic heterocycles. The van der Waals surface area contributed by atoms with Gasteiger partial charge in [0.25, 0.3) is 0 Å². The third-order valence-electron chi connectivity index (χ3n) is 4.92. The molecule has 0 spiro atoms. The number of carbonyl (C=O) groups is 3. The number of Topliss-reactive ketones (excluding diaryl/α,β-unsaturated/α-hetero) is 1. The van der Waals surface area contributed by atoms with Gasteiger partial charge in [-0.25, -0.2) is 8.42 Å². The van der Waals surface area contributed by atoms with E-state index in [0.29, 0.717) is 12.8 Å². The number of likely N-dealkylation sites (tertiary alicyclic amines) is 1. The summed E-state index contributed by atoms with van der Waals surface area (Å²) in [7, 11) is -3.81. The molecule has 1 aromatic rings. The van der Waals surface area contributed by atoms with Gasteiger partial charge in [-0.15, -0.1) is 0 Å². The van der Waals surface area contributed by atoms with Crippen LogP contribution in [-0.4, -0.2) is 54.4 Å². The highest BCUT2D eigenvalue weighted by molar-refractivity contribution is 7.89. The van der Waals surface area contributed by atoms with Crippen LogP contribution in [0, 0.1) is 6.92 Å². The topological polar surface area (TPSA) is 91.8 Å². The molecule has 2 heterocycles. The van der Waals surface area contributed by atoms with E-state index in [4.69, 9.17) is 0 Å². The van der Waals surface area contributed by atoms with Gasteiger partial charge in [-0.2, -0.15) is 4.31 Å². The SMILES string of the molecule is Cc1ccc(S(=O)(=O)N2CCCC[C@@H]2C(=O)CN2C(=O)CCC2=O)cc1. The third kappa shape index (κ3) is 3.57. The Hall–Kier alpha value is -2.06. The van der Waals surface area contributed by atoms with Gasteiger partial charge in [0, 0.05) is 19.4 Å². The van der Waals surface area contributed by atoms with Crippen molar-refractivity contribution in [2.24, 2.45) is 0 Å². The molecular formula is C18H22N2O5S. The maximum Gasteiger partial charge on any atom is 0.243 e. The standard InChI is InChI=1S/C18H22N2O5S/c1-13-5-7-14(8-6-13)26(24,25)20-11-3-2-4-15(20)16(21)12-19-17(22)9-10-18(19)23/h5-8,15H,2-4,9-12H2,1H3/t15-/m1/s1. The number of ketones is 1. The lowest BCUT2D eigenvalue weighted by atomic mass is 10.0. The molecule has 7 nitrogen and oxygen atoms in total. The van der Waals surface area contributed by atoms with Crippen LogP contribution in [0.4, 0.5) is 0 Å². The van der Waals surface area contributed by atoms with Gasteiger partial charge >= 0.3 is 0 Å². The van der Waals surface area contributed by atoms with Gasteiger partial charge in [0.2, 0.25) is 21.8 Å². The minimum absolute atomic E-state index is 0.113. The van der Waals surface area contributed by atoms with Crippen molar-refractivity contribution < 1.29 is 22.8 Å². The molecule has 2 saturated heterocycles. The van der Waals surface area contributed by atoms with Crippen LogP contribution in [0.25, 0.3) is 0 Å². The van der Waals surface area contributed by atoms with Gasteiger partial charge in [0.1, 0.15) is 0 Å². The number of carbonyl (C=O) groups excluding carboxylic acids is 3. The van der Waals surface area contributed by atoms with E-state index in [0.717, 1.165) is 16.9 Å². The van der Waals surface area contributed by atoms with E-state index in [2.05, 4.69) is 0 Å². The van der Waals surface area contributed by atoms with E-state index >= 15 is 0 Å². The highest BCUT2D eigenvalue weighted by Crippen LogP contribution is 2.27. The fraction of sp³-hybridized carbons (Fsp3) is 0.500. The zero-order chi connectivity index (χ0) is 18.9. The fourth-order valence-corrected chi connectivity index (χ4v) is 5.10. The van der Waals surface area contributed by atoms with E-state index in [1.54, 1.807) is 12.1 Å². The molecule has 0 bridgehead atoms. The van der Waals surface area contributed by atoms with Gasteiger partial charge in [-0.05, 0) is 31.9 Å². The van der Waals surface area contributed by atoms with Crippen molar-refractivity contribution in [1.82, 2.24) is 9.21 Å². The van der Waals surface area contributed by atoms with Crippen molar-refractivity contribution in [2.75, 3.05) is 13.1 Å². The van der Waals surface area contributed by atoms with E-state index in [1.807, 2.05) is 6.92 Å². The molecule has 0 unspecified atom stereocenters. The lowest BCUT2D eigenvalue weighted by Gasteiger charge is -2.34. The maximum atomic E-state index is 13.0. The predicted octanol–water partition coefficient (Wildman–Crippen LogP) is 1.26. The van der Waals surface area contributed by atoms with Crippen molar-refractivity contribution >= 4 is 27.6 Å². The number of nitrogens with zero attached hydrogens (tertiary/aromatic N) is 2. The van der Waals surface area contributed by atoms with Crippen LogP contribution in [0.15, 0.2) is 29.2 Å². The normalized spacial score (nSPS) is 22.0. The molecule has 0 radical (unpaired) electrons. The summed E-state index contributed by atoms with van der Waals surface area (Å²) in [6.07, 6.45) is 2.04. The number of hydrogen-bond acceptors (Lipinski definition) is 5. The number of aryl methyl sites for hydroxylation is 1.